The number of carbonyl (C=O) groups is 2. The molecule has 98 valence electrons. The largest absolute Gasteiger partial charge is 0.453 e. The second-order valence-corrected chi connectivity index (χ2v) is 3.80. The molecule has 1 aromatic carbocycles. The molecule has 2 rings (SSSR count). The molecule has 0 unspecified atom stereocenters. The summed E-state index contributed by atoms with van der Waals surface area (Å²) in [4.78, 5) is 22.9. The molecule has 1 aromatic heterocycles. The van der Waals surface area contributed by atoms with Crippen LogP contribution in [0.25, 0.3) is 0 Å². The van der Waals surface area contributed by atoms with Crippen LogP contribution in [0.15, 0.2) is 42.7 Å². The van der Waals surface area contributed by atoms with Gasteiger partial charge in [-0.25, -0.2) is 9.48 Å². The van der Waals surface area contributed by atoms with Crippen molar-refractivity contribution in [1.82, 2.24) is 15.1 Å². The number of benzene rings is 1. The predicted octanol–water partition coefficient (Wildman–Crippen LogP) is 1.43. The molecule has 0 saturated heterocycles. The van der Waals surface area contributed by atoms with Gasteiger partial charge in [0.2, 0.25) is 0 Å². The first kappa shape index (κ1) is 12.8. The molecule has 0 atom stereocenters. The van der Waals surface area contributed by atoms with E-state index in [1.54, 1.807) is 42.7 Å². The summed E-state index contributed by atoms with van der Waals surface area (Å²) in [6.45, 7) is 0.350. The fraction of sp³-hybridized carbons (Fsp3) is 0.154. The summed E-state index contributed by atoms with van der Waals surface area (Å²) in [6, 6.07) is 8.61. The number of aromatic nitrogens is 2. The number of alkyl carbamates (subject to hydrolysis) is 1. The molecule has 0 aliphatic rings. The lowest BCUT2D eigenvalue weighted by molar-refractivity contribution is 0.0945. The van der Waals surface area contributed by atoms with Gasteiger partial charge in [0.05, 0.1) is 7.11 Å². The maximum Gasteiger partial charge on any atom is 0.407 e. The van der Waals surface area contributed by atoms with Gasteiger partial charge in [-0.3, -0.25) is 4.79 Å². The first-order valence-corrected chi connectivity index (χ1v) is 5.66. The van der Waals surface area contributed by atoms with E-state index in [2.05, 4.69) is 15.2 Å². The molecule has 6 nitrogen and oxygen atoms in total. The summed E-state index contributed by atoms with van der Waals surface area (Å²) < 4.78 is 5.73. The van der Waals surface area contributed by atoms with Gasteiger partial charge in [-0.15, -0.1) is 0 Å². The Labute approximate surface area is 110 Å². The van der Waals surface area contributed by atoms with Gasteiger partial charge in [-0.2, -0.15) is 5.10 Å². The summed E-state index contributed by atoms with van der Waals surface area (Å²) in [6.07, 6.45) is 2.65. The Hall–Kier alpha value is -2.63. The summed E-state index contributed by atoms with van der Waals surface area (Å²) in [5, 5.41) is 6.44. The van der Waals surface area contributed by atoms with Gasteiger partial charge < -0.3 is 10.1 Å². The van der Waals surface area contributed by atoms with E-state index in [1.165, 1.54) is 11.8 Å². The van der Waals surface area contributed by atoms with Crippen LogP contribution in [-0.4, -0.2) is 28.9 Å². The topological polar surface area (TPSA) is 73.2 Å². The van der Waals surface area contributed by atoms with E-state index in [0.717, 1.165) is 5.56 Å². The van der Waals surface area contributed by atoms with Crippen LogP contribution in [0, 0.1) is 0 Å². The molecular formula is C13H13N3O3. The van der Waals surface area contributed by atoms with Gasteiger partial charge in [0.15, 0.2) is 0 Å². The monoisotopic (exact) mass is 259 g/mol. The Morgan fingerprint density at radius 2 is 2.05 bits per heavy atom. The molecule has 0 bridgehead atoms. The second-order valence-electron chi connectivity index (χ2n) is 3.80. The van der Waals surface area contributed by atoms with E-state index in [1.807, 2.05) is 0 Å². The van der Waals surface area contributed by atoms with Crippen LogP contribution in [0.4, 0.5) is 4.79 Å². The smallest absolute Gasteiger partial charge is 0.407 e. The van der Waals surface area contributed by atoms with Crippen LogP contribution in [0.5, 0.6) is 0 Å². The molecule has 0 spiro atoms. The van der Waals surface area contributed by atoms with Gasteiger partial charge in [0.25, 0.3) is 5.91 Å². The highest BCUT2D eigenvalue weighted by Gasteiger charge is 2.08. The third-order valence-corrected chi connectivity index (χ3v) is 2.54. The third-order valence-electron chi connectivity index (χ3n) is 2.54. The van der Waals surface area contributed by atoms with Gasteiger partial charge in [0.1, 0.15) is 0 Å². The highest BCUT2D eigenvalue weighted by Crippen LogP contribution is 2.06. The first-order valence-electron chi connectivity index (χ1n) is 5.66. The number of hydrogen-bond acceptors (Lipinski definition) is 4. The number of nitrogens with zero attached hydrogens (tertiary/aromatic N) is 2. The van der Waals surface area contributed by atoms with Crippen molar-refractivity contribution in [2.45, 2.75) is 6.54 Å². The van der Waals surface area contributed by atoms with Crippen molar-refractivity contribution in [1.29, 1.82) is 0 Å². The van der Waals surface area contributed by atoms with Gasteiger partial charge in [0, 0.05) is 24.5 Å². The normalized spacial score (nSPS) is 9.95. The number of amides is 1. The number of hydrogen-bond donors (Lipinski definition) is 1. The van der Waals surface area contributed by atoms with Crippen molar-refractivity contribution in [2.75, 3.05) is 7.11 Å². The van der Waals surface area contributed by atoms with Crippen molar-refractivity contribution in [3.8, 4) is 0 Å². The van der Waals surface area contributed by atoms with Gasteiger partial charge >= 0.3 is 6.09 Å². The minimum atomic E-state index is -0.489. The molecule has 2 aromatic rings. The number of methoxy groups -OCH3 is 1. The van der Waals surface area contributed by atoms with Crippen molar-refractivity contribution >= 4 is 12.0 Å². The SMILES string of the molecule is COC(=O)NCc1ccc(C(=O)n2cccn2)cc1. The van der Waals surface area contributed by atoms with Gasteiger partial charge in [-0.1, -0.05) is 12.1 Å². The summed E-state index contributed by atoms with van der Waals surface area (Å²) in [5.41, 5.74) is 1.41. The third kappa shape index (κ3) is 3.19. The Bertz CT molecular complexity index is 561. The average molecular weight is 259 g/mol. The standard InChI is InChI=1S/C13H13N3O3/c1-19-13(18)14-9-10-3-5-11(6-4-10)12(17)16-8-2-7-15-16/h2-8H,9H2,1H3,(H,14,18). The summed E-state index contributed by atoms with van der Waals surface area (Å²) >= 11 is 0. The van der Waals surface area contributed by atoms with Crippen LogP contribution >= 0.6 is 0 Å². The highest BCUT2D eigenvalue weighted by molar-refractivity contribution is 5.95. The molecule has 1 N–H and O–H groups in total. The maximum absolute atomic E-state index is 11.9. The Balaban J connectivity index is 2.02. The highest BCUT2D eigenvalue weighted by atomic mass is 16.5. The Kier molecular flexibility index (Phi) is 3.92. The van der Waals surface area contributed by atoms with E-state index in [9.17, 15) is 9.59 Å². The lowest BCUT2D eigenvalue weighted by Gasteiger charge is -2.05. The lowest BCUT2D eigenvalue weighted by atomic mass is 10.1. The predicted molar refractivity (Wildman–Crippen MR) is 67.6 cm³/mol. The van der Waals surface area contributed by atoms with Crippen molar-refractivity contribution in [2.24, 2.45) is 0 Å². The molecule has 0 aliphatic heterocycles. The minimum Gasteiger partial charge on any atom is -0.453 e. The van der Waals surface area contributed by atoms with E-state index >= 15 is 0 Å². The summed E-state index contributed by atoms with van der Waals surface area (Å²) in [5.74, 6) is -0.197. The van der Waals surface area contributed by atoms with Crippen LogP contribution in [0.3, 0.4) is 0 Å². The molecule has 0 aliphatic carbocycles. The number of rotatable bonds is 3. The van der Waals surface area contributed by atoms with Crippen molar-refractivity contribution < 1.29 is 14.3 Å². The molecular weight excluding hydrogens is 246 g/mol. The van der Waals surface area contributed by atoms with Crippen LogP contribution < -0.4 is 5.32 Å². The molecule has 0 radical (unpaired) electrons. The second kappa shape index (κ2) is 5.81. The number of nitrogens with one attached hydrogen (secondary N) is 1. The minimum absolute atomic E-state index is 0.197. The Morgan fingerprint density at radius 3 is 2.63 bits per heavy atom. The molecule has 1 amide bonds. The van der Waals surface area contributed by atoms with E-state index in [0.29, 0.717) is 12.1 Å². The van der Waals surface area contributed by atoms with Crippen LogP contribution in [0.1, 0.15) is 15.9 Å². The Morgan fingerprint density at radius 1 is 1.32 bits per heavy atom. The number of ether oxygens (including phenoxy) is 1. The fourth-order valence-corrected chi connectivity index (χ4v) is 1.53. The maximum atomic E-state index is 11.9. The zero-order valence-electron chi connectivity index (χ0n) is 10.4. The quantitative estimate of drug-likeness (QED) is 0.904. The van der Waals surface area contributed by atoms with Crippen molar-refractivity contribution in [3.63, 3.8) is 0 Å². The number of carbonyl (C=O) groups excluding carboxylic acids is 2. The molecule has 0 saturated carbocycles. The van der Waals surface area contributed by atoms with Gasteiger partial charge in [-0.05, 0) is 23.8 Å². The zero-order chi connectivity index (χ0) is 13.7. The lowest BCUT2D eigenvalue weighted by Crippen LogP contribution is -2.22. The zero-order valence-corrected chi connectivity index (χ0v) is 10.4. The van der Waals surface area contributed by atoms with Crippen LogP contribution in [-0.2, 0) is 11.3 Å². The molecule has 6 heteroatoms. The van der Waals surface area contributed by atoms with Crippen molar-refractivity contribution in [3.05, 3.63) is 53.9 Å². The first-order chi connectivity index (χ1) is 9.20. The van der Waals surface area contributed by atoms with E-state index in [4.69, 9.17) is 0 Å². The van der Waals surface area contributed by atoms with E-state index < -0.39 is 6.09 Å². The van der Waals surface area contributed by atoms with Crippen LogP contribution in [0.2, 0.25) is 0 Å². The summed E-state index contributed by atoms with van der Waals surface area (Å²) in [7, 11) is 1.31. The molecule has 1 heterocycles. The average Bonchev–Trinajstić information content (AvgIpc) is 2.98. The fourth-order valence-electron chi connectivity index (χ4n) is 1.53. The molecule has 0 fully saturated rings. The van der Waals surface area contributed by atoms with E-state index in [-0.39, 0.29) is 5.91 Å². The molecule has 19 heavy (non-hydrogen) atoms.